The summed E-state index contributed by atoms with van der Waals surface area (Å²) in [5, 5.41) is 3.83. The Morgan fingerprint density at radius 2 is 0.727 bits per heavy atom. The second kappa shape index (κ2) is 10.8. The molecular weight excluding hydrogens is 607 g/mol. The molecule has 0 saturated carbocycles. The standard InChI is InChI=1S/C37H21Cl3N4/c38-24-7-1-21(2-8-24)35-29-15-13-27(41-29)28-14-16-30(42-28)36(22-3-9-25(39)10-4-22)32-18-20-34(44-32)37(33-19-17-31(35)43-33)23-5-11-26(40)12-6-23/h1-20,41H. The van der Waals surface area contributed by atoms with Gasteiger partial charge in [0.15, 0.2) is 0 Å². The van der Waals surface area contributed by atoms with Crippen molar-refractivity contribution in [3.63, 3.8) is 0 Å². The smallest absolute Gasteiger partial charge is 0.0872 e. The third-order valence-electron chi connectivity index (χ3n) is 7.83. The van der Waals surface area contributed by atoms with Crippen molar-refractivity contribution in [3.05, 3.63) is 175 Å². The van der Waals surface area contributed by atoms with Crippen LogP contribution in [-0.2, 0) is 0 Å². The molecule has 0 spiro atoms. The number of H-pyrrole nitrogens is 1. The van der Waals surface area contributed by atoms with E-state index in [1.54, 1.807) is 0 Å². The van der Waals surface area contributed by atoms with E-state index in [2.05, 4.69) is 23.2 Å². The van der Waals surface area contributed by atoms with E-state index in [1.165, 1.54) is 0 Å². The number of nitrogens with zero attached hydrogens (tertiary/aromatic N) is 3. The monoisotopic (exact) mass is 626 g/mol. The maximum absolute atomic E-state index is 6.30. The molecule has 210 valence electrons. The van der Waals surface area contributed by atoms with E-state index < -0.39 is 0 Å². The van der Waals surface area contributed by atoms with Crippen LogP contribution in [0.25, 0.3) is 22.4 Å². The number of nitrogens with one attached hydrogen (secondary N) is 1. The summed E-state index contributed by atoms with van der Waals surface area (Å²) in [4.78, 5) is 19.1. The molecular formula is C37H21Cl3N4. The van der Waals surface area contributed by atoms with Crippen molar-refractivity contribution in [2.24, 2.45) is 15.0 Å². The van der Waals surface area contributed by atoms with Gasteiger partial charge in [-0.3, -0.25) is 0 Å². The molecule has 4 nitrogen and oxygen atoms in total. The molecule has 8 bridgehead atoms. The number of benzene rings is 3. The molecule has 0 amide bonds. The summed E-state index contributed by atoms with van der Waals surface area (Å²) in [6.45, 7) is 0. The average molecular weight is 628 g/mol. The lowest BCUT2D eigenvalue weighted by Gasteiger charge is -2.11. The molecule has 0 radical (unpaired) electrons. The van der Waals surface area contributed by atoms with Gasteiger partial charge in [0.25, 0.3) is 0 Å². The lowest BCUT2D eigenvalue weighted by atomic mass is 9.98. The lowest BCUT2D eigenvalue weighted by molar-refractivity contribution is 1.24. The molecule has 1 aromatic heterocycles. The van der Waals surface area contributed by atoms with E-state index in [9.17, 15) is 0 Å². The number of aromatic nitrogens is 1. The summed E-state index contributed by atoms with van der Waals surface area (Å²) in [5.74, 6) is 0. The molecule has 0 saturated heterocycles. The Labute approximate surface area is 268 Å². The summed E-state index contributed by atoms with van der Waals surface area (Å²) < 4.78 is 0. The molecule has 7 heteroatoms. The first kappa shape index (κ1) is 26.9. The minimum absolute atomic E-state index is 0.663. The van der Waals surface area contributed by atoms with Crippen LogP contribution in [0.4, 0.5) is 0 Å². The number of aliphatic imine (C=N–C) groups is 3. The van der Waals surface area contributed by atoms with Crippen LogP contribution in [0.2, 0.25) is 15.1 Å². The quantitative estimate of drug-likeness (QED) is 0.238. The zero-order valence-electron chi connectivity index (χ0n) is 23.0. The molecule has 0 unspecified atom stereocenters. The van der Waals surface area contributed by atoms with Crippen molar-refractivity contribution < 1.29 is 0 Å². The highest BCUT2D eigenvalue weighted by atomic mass is 35.5. The highest BCUT2D eigenvalue weighted by Crippen LogP contribution is 2.35. The first-order chi connectivity index (χ1) is 21.5. The van der Waals surface area contributed by atoms with E-state index in [0.29, 0.717) is 15.1 Å². The summed E-state index contributed by atoms with van der Waals surface area (Å²) in [6, 6.07) is 27.5. The molecule has 3 aromatic carbocycles. The molecule has 5 heterocycles. The fourth-order valence-corrected chi connectivity index (χ4v) is 6.15. The van der Waals surface area contributed by atoms with Gasteiger partial charge in [0.05, 0.1) is 39.6 Å². The van der Waals surface area contributed by atoms with Gasteiger partial charge in [-0.2, -0.15) is 0 Å². The van der Waals surface area contributed by atoms with Crippen LogP contribution < -0.4 is 10.7 Å². The molecule has 0 aliphatic carbocycles. The van der Waals surface area contributed by atoms with Crippen LogP contribution in [0.5, 0.6) is 0 Å². The van der Waals surface area contributed by atoms with Crippen LogP contribution in [-0.4, -0.2) is 22.1 Å². The number of halogens is 3. The van der Waals surface area contributed by atoms with Crippen LogP contribution in [0.1, 0.15) is 16.7 Å². The third-order valence-corrected chi connectivity index (χ3v) is 8.59. The molecule has 8 rings (SSSR count). The Morgan fingerprint density at radius 1 is 0.364 bits per heavy atom. The number of rotatable bonds is 3. The Balaban J connectivity index is 1.47. The van der Waals surface area contributed by atoms with Crippen molar-refractivity contribution in [2.45, 2.75) is 0 Å². The SMILES string of the molecule is Clc1ccc(C2=C3C=CC(=N3)C(c3ccc(Cl)cc3)=C3C=CC(=N3)C(c3ccc(Cl)cc3)=c3ccc([nH]3)=C3C=CC2=N3)cc1. The van der Waals surface area contributed by atoms with E-state index in [0.717, 1.165) is 78.3 Å². The highest BCUT2D eigenvalue weighted by Gasteiger charge is 2.24. The van der Waals surface area contributed by atoms with Crippen molar-refractivity contribution in [1.82, 2.24) is 4.98 Å². The Bertz CT molecular complexity index is 2250. The van der Waals surface area contributed by atoms with Gasteiger partial charge >= 0.3 is 0 Å². The van der Waals surface area contributed by atoms with Gasteiger partial charge in [0, 0.05) is 37.1 Å². The van der Waals surface area contributed by atoms with Crippen molar-refractivity contribution in [3.8, 4) is 0 Å². The zero-order valence-corrected chi connectivity index (χ0v) is 25.3. The molecule has 4 aliphatic heterocycles. The summed E-state index contributed by atoms with van der Waals surface area (Å²) in [6.07, 6.45) is 12.2. The minimum Gasteiger partial charge on any atom is -0.353 e. The summed E-state index contributed by atoms with van der Waals surface area (Å²) >= 11 is 18.8. The van der Waals surface area contributed by atoms with Crippen LogP contribution in [0.15, 0.2) is 148 Å². The van der Waals surface area contributed by atoms with Gasteiger partial charge in [0.1, 0.15) is 0 Å². The molecule has 0 atom stereocenters. The minimum atomic E-state index is 0.663. The highest BCUT2D eigenvalue weighted by molar-refractivity contribution is 6.38. The predicted molar refractivity (Wildman–Crippen MR) is 184 cm³/mol. The van der Waals surface area contributed by atoms with Gasteiger partial charge in [0.2, 0.25) is 0 Å². The lowest BCUT2D eigenvalue weighted by Crippen LogP contribution is -2.18. The average Bonchev–Trinajstić information content (AvgIpc) is 3.85. The summed E-state index contributed by atoms with van der Waals surface area (Å²) in [5.41, 5.74) is 10.6. The fourth-order valence-electron chi connectivity index (χ4n) is 5.77. The Kier molecular flexibility index (Phi) is 6.57. The normalized spacial score (nSPS) is 16.8. The maximum Gasteiger partial charge on any atom is 0.0872 e. The molecule has 4 aliphatic rings. The van der Waals surface area contributed by atoms with E-state index >= 15 is 0 Å². The first-order valence-corrected chi connectivity index (χ1v) is 15.1. The number of aromatic amines is 1. The van der Waals surface area contributed by atoms with Crippen molar-refractivity contribution in [2.75, 3.05) is 0 Å². The van der Waals surface area contributed by atoms with Gasteiger partial charge in [-0.25, -0.2) is 15.0 Å². The van der Waals surface area contributed by atoms with Crippen LogP contribution in [0, 0.1) is 0 Å². The van der Waals surface area contributed by atoms with E-state index in [-0.39, 0.29) is 0 Å². The molecule has 0 fully saturated rings. The van der Waals surface area contributed by atoms with Gasteiger partial charge in [-0.1, -0.05) is 71.2 Å². The maximum atomic E-state index is 6.30. The number of hydrogen-bond acceptors (Lipinski definition) is 3. The number of allylic oxidation sites excluding steroid dienone is 7. The van der Waals surface area contributed by atoms with Crippen molar-refractivity contribution in [1.29, 1.82) is 0 Å². The van der Waals surface area contributed by atoms with E-state index in [1.807, 2.05) is 103 Å². The van der Waals surface area contributed by atoms with Gasteiger partial charge in [-0.05, 0) is 102 Å². The second-order valence-electron chi connectivity index (χ2n) is 10.6. The third kappa shape index (κ3) is 4.78. The second-order valence-corrected chi connectivity index (χ2v) is 11.9. The van der Waals surface area contributed by atoms with Crippen molar-refractivity contribution >= 4 is 74.4 Å². The van der Waals surface area contributed by atoms with Crippen LogP contribution >= 0.6 is 34.8 Å². The topological polar surface area (TPSA) is 52.9 Å². The van der Waals surface area contributed by atoms with Crippen LogP contribution in [0.3, 0.4) is 0 Å². The molecule has 1 N–H and O–H groups in total. The van der Waals surface area contributed by atoms with Gasteiger partial charge in [-0.15, -0.1) is 0 Å². The molecule has 4 aromatic rings. The predicted octanol–water partition coefficient (Wildman–Crippen LogP) is 8.15. The fraction of sp³-hybridized carbons (Fsp3) is 0. The number of hydrogen-bond donors (Lipinski definition) is 1. The zero-order chi connectivity index (χ0) is 29.8. The van der Waals surface area contributed by atoms with E-state index in [4.69, 9.17) is 49.8 Å². The first-order valence-electron chi connectivity index (χ1n) is 14.0. The van der Waals surface area contributed by atoms with Gasteiger partial charge < -0.3 is 4.98 Å². The summed E-state index contributed by atoms with van der Waals surface area (Å²) in [7, 11) is 0. The molecule has 44 heavy (non-hydrogen) atoms. The largest absolute Gasteiger partial charge is 0.353 e. The Hall–Kier alpha value is -4.74. The Morgan fingerprint density at radius 3 is 1.20 bits per heavy atom. The number of fused-ring (bicyclic) bond motifs is 5.